The van der Waals surface area contributed by atoms with Crippen molar-refractivity contribution in [2.24, 2.45) is 5.92 Å². The Kier molecular flexibility index (Phi) is 10.8. The third-order valence-corrected chi connectivity index (χ3v) is 11.8. The first-order valence-corrected chi connectivity index (χ1v) is 20.9. The third kappa shape index (κ3) is 7.61. The summed E-state index contributed by atoms with van der Waals surface area (Å²) in [5.74, 6) is 0.309. The summed E-state index contributed by atoms with van der Waals surface area (Å²) in [7, 11) is 0. The summed E-state index contributed by atoms with van der Waals surface area (Å²) >= 11 is 0. The van der Waals surface area contributed by atoms with Crippen LogP contribution in [0.2, 0.25) is 0 Å². The van der Waals surface area contributed by atoms with E-state index in [4.69, 9.17) is 0 Å². The molecule has 59 heavy (non-hydrogen) atoms. The van der Waals surface area contributed by atoms with Gasteiger partial charge in [-0.1, -0.05) is 208 Å². The summed E-state index contributed by atoms with van der Waals surface area (Å²) in [6.07, 6.45) is 29.9. The molecule has 0 bridgehead atoms. The number of rotatable bonds is 3. The molecule has 1 nitrogen and oxygen atoms in total. The van der Waals surface area contributed by atoms with Gasteiger partial charge in [-0.2, -0.15) is 0 Å². The molecule has 0 spiro atoms. The molecule has 3 aliphatic carbocycles. The van der Waals surface area contributed by atoms with Gasteiger partial charge in [0.15, 0.2) is 0 Å². The zero-order chi connectivity index (χ0) is 40.1. The second-order valence-corrected chi connectivity index (χ2v) is 15.7. The number of allylic oxidation sites excluding steroid dienone is 14. The van der Waals surface area contributed by atoms with E-state index in [-0.39, 0.29) is 11.8 Å². The van der Waals surface area contributed by atoms with E-state index in [9.17, 15) is 0 Å². The number of nitrogens with zero attached hydrogens (tertiary/aromatic N) is 1. The van der Waals surface area contributed by atoms with Gasteiger partial charge in [-0.25, -0.2) is 0 Å². The lowest BCUT2D eigenvalue weighted by molar-refractivity contribution is 0.918. The molecular formula is C58H49N. The SMILES string of the molecule is C\C1=C/C=C\C=C\C(C)/C=C\C(N(C2=CC=CC=CC2)c2ccc3c(c2)-c2ccccc2-c2ccccc2-c2ccccc2-3)=C/C(C)c2ccccc2-c2ccccc21. The predicted octanol–water partition coefficient (Wildman–Crippen LogP) is 16.0. The van der Waals surface area contributed by atoms with Gasteiger partial charge in [-0.15, -0.1) is 0 Å². The lowest BCUT2D eigenvalue weighted by Crippen LogP contribution is -2.22. The van der Waals surface area contributed by atoms with Crippen LogP contribution in [0.5, 0.6) is 0 Å². The van der Waals surface area contributed by atoms with Crippen LogP contribution in [-0.4, -0.2) is 0 Å². The van der Waals surface area contributed by atoms with Gasteiger partial charge < -0.3 is 4.90 Å². The van der Waals surface area contributed by atoms with Crippen LogP contribution in [0.1, 0.15) is 44.2 Å². The topological polar surface area (TPSA) is 3.24 Å². The van der Waals surface area contributed by atoms with E-state index < -0.39 is 0 Å². The molecule has 0 fully saturated rings. The molecule has 0 heterocycles. The minimum Gasteiger partial charge on any atom is -0.314 e. The van der Waals surface area contributed by atoms with Crippen molar-refractivity contribution < 1.29 is 0 Å². The van der Waals surface area contributed by atoms with E-state index in [0.29, 0.717) is 0 Å². The maximum atomic E-state index is 2.50. The van der Waals surface area contributed by atoms with Crippen molar-refractivity contribution >= 4 is 11.3 Å². The van der Waals surface area contributed by atoms with Crippen LogP contribution < -0.4 is 4.90 Å². The van der Waals surface area contributed by atoms with Crippen molar-refractivity contribution in [3.05, 3.63) is 241 Å². The molecule has 6 aromatic rings. The van der Waals surface area contributed by atoms with Gasteiger partial charge in [0.05, 0.1) is 0 Å². The van der Waals surface area contributed by atoms with Gasteiger partial charge in [0.2, 0.25) is 0 Å². The van der Waals surface area contributed by atoms with Gasteiger partial charge in [-0.3, -0.25) is 0 Å². The van der Waals surface area contributed by atoms with E-state index >= 15 is 0 Å². The van der Waals surface area contributed by atoms with Gasteiger partial charge in [0.25, 0.3) is 0 Å². The standard InChI is InChI=1S/C58H49N/c1-41-21-7-6-8-22-42(2)47-25-11-13-27-49(47)50-28-14-12-26-48(50)43(3)39-45(36-35-41)59(44-23-9-4-5-10-24-44)46-37-38-57-55-33-18-17-31-53(55)51-29-15-16-30-52(51)54-32-19-20-34-56(54)58(57)40-46/h4-23,25-41,43H,24H2,1-3H3/b8-6-,21-7+,36-35-,42-22+,45-39+,53-51?,54-52?,57-55?,58-56?. The lowest BCUT2D eigenvalue weighted by Gasteiger charge is -2.31. The molecular weight excluding hydrogens is 711 g/mol. The molecule has 0 amide bonds. The molecule has 0 saturated carbocycles. The minimum absolute atomic E-state index is 0.0928. The molecule has 0 N–H and O–H groups in total. The molecule has 6 aromatic carbocycles. The first kappa shape index (κ1) is 37.6. The highest BCUT2D eigenvalue weighted by molar-refractivity contribution is 6.03. The predicted molar refractivity (Wildman–Crippen MR) is 254 cm³/mol. The fourth-order valence-corrected chi connectivity index (χ4v) is 8.86. The lowest BCUT2D eigenvalue weighted by atomic mass is 9.81. The normalized spacial score (nSPS) is 20.4. The Morgan fingerprint density at radius 3 is 1.61 bits per heavy atom. The fraction of sp³-hybridized carbons (Fsp3) is 0.103. The Labute approximate surface area is 350 Å². The summed E-state index contributed by atoms with van der Waals surface area (Å²) < 4.78 is 0. The molecule has 286 valence electrons. The zero-order valence-electron chi connectivity index (χ0n) is 34.1. The van der Waals surface area contributed by atoms with Crippen LogP contribution in [0.3, 0.4) is 0 Å². The van der Waals surface area contributed by atoms with E-state index in [1.54, 1.807) is 0 Å². The Morgan fingerprint density at radius 1 is 0.458 bits per heavy atom. The molecule has 9 rings (SSSR count). The number of anilines is 1. The van der Waals surface area contributed by atoms with Crippen molar-refractivity contribution in [2.75, 3.05) is 4.90 Å². The van der Waals surface area contributed by atoms with Crippen molar-refractivity contribution in [3.63, 3.8) is 0 Å². The molecule has 0 aliphatic heterocycles. The summed E-state index contributed by atoms with van der Waals surface area (Å²) in [6.45, 7) is 6.82. The highest BCUT2D eigenvalue weighted by Crippen LogP contribution is 2.49. The molecule has 2 unspecified atom stereocenters. The number of fused-ring (bicyclic) bond motifs is 11. The fourth-order valence-electron chi connectivity index (χ4n) is 8.86. The van der Waals surface area contributed by atoms with E-state index in [1.165, 1.54) is 78.0 Å². The molecule has 0 radical (unpaired) electrons. The zero-order valence-corrected chi connectivity index (χ0v) is 34.1. The van der Waals surface area contributed by atoms with Crippen molar-refractivity contribution in [1.29, 1.82) is 0 Å². The van der Waals surface area contributed by atoms with Crippen LogP contribution in [0.15, 0.2) is 230 Å². The van der Waals surface area contributed by atoms with Gasteiger partial charge in [0.1, 0.15) is 0 Å². The maximum Gasteiger partial charge on any atom is 0.0465 e. The van der Waals surface area contributed by atoms with Crippen molar-refractivity contribution in [1.82, 2.24) is 0 Å². The van der Waals surface area contributed by atoms with Gasteiger partial charge in [-0.05, 0) is 109 Å². The number of hydrogen-bond acceptors (Lipinski definition) is 1. The first-order valence-electron chi connectivity index (χ1n) is 20.9. The van der Waals surface area contributed by atoms with Crippen LogP contribution >= 0.6 is 0 Å². The van der Waals surface area contributed by atoms with E-state index in [1.807, 2.05) is 0 Å². The highest BCUT2D eigenvalue weighted by Gasteiger charge is 2.25. The van der Waals surface area contributed by atoms with Crippen LogP contribution in [0.4, 0.5) is 5.69 Å². The average Bonchev–Trinajstić information content (AvgIpc) is 3.57. The molecule has 0 aromatic heterocycles. The molecule has 3 aliphatic rings. The van der Waals surface area contributed by atoms with Crippen LogP contribution in [0, 0.1) is 5.92 Å². The van der Waals surface area contributed by atoms with Gasteiger partial charge in [0, 0.05) is 29.4 Å². The Bertz CT molecular complexity index is 2790. The second-order valence-electron chi connectivity index (χ2n) is 15.7. The Hall–Kier alpha value is -6.96. The number of benzene rings is 6. The smallest absolute Gasteiger partial charge is 0.0465 e. The summed E-state index contributed by atoms with van der Waals surface area (Å²) in [5, 5.41) is 0. The second kappa shape index (κ2) is 16.9. The van der Waals surface area contributed by atoms with Crippen LogP contribution in [0.25, 0.3) is 61.2 Å². The third-order valence-electron chi connectivity index (χ3n) is 11.8. The first-order chi connectivity index (χ1) is 29.0. The quantitative estimate of drug-likeness (QED) is 0.173. The summed E-state index contributed by atoms with van der Waals surface area (Å²) in [6, 6.07) is 51.6. The molecule has 1 heteroatoms. The van der Waals surface area contributed by atoms with E-state index in [0.717, 1.165) is 17.8 Å². The van der Waals surface area contributed by atoms with Crippen molar-refractivity contribution in [3.8, 4) is 55.6 Å². The maximum absolute atomic E-state index is 2.50. The Morgan fingerprint density at radius 2 is 0.966 bits per heavy atom. The number of hydrogen-bond donors (Lipinski definition) is 0. The molecule has 0 saturated heterocycles. The van der Waals surface area contributed by atoms with E-state index in [2.05, 4.69) is 244 Å². The highest BCUT2D eigenvalue weighted by atomic mass is 15.2. The largest absolute Gasteiger partial charge is 0.314 e. The minimum atomic E-state index is 0.0928. The van der Waals surface area contributed by atoms with Gasteiger partial charge >= 0.3 is 0 Å². The Balaban J connectivity index is 1.28. The monoisotopic (exact) mass is 759 g/mol. The summed E-state index contributed by atoms with van der Waals surface area (Å²) in [5.41, 5.74) is 19.7. The molecule has 2 atom stereocenters. The average molecular weight is 760 g/mol. The summed E-state index contributed by atoms with van der Waals surface area (Å²) in [4.78, 5) is 2.50. The van der Waals surface area contributed by atoms with Crippen molar-refractivity contribution in [2.45, 2.75) is 33.1 Å². The van der Waals surface area contributed by atoms with Crippen LogP contribution in [-0.2, 0) is 0 Å².